The Labute approximate surface area is 141 Å². The van der Waals surface area contributed by atoms with Crippen molar-refractivity contribution in [3.8, 4) is 17.4 Å². The van der Waals surface area contributed by atoms with E-state index in [1.54, 1.807) is 32.5 Å². The van der Waals surface area contributed by atoms with Crippen molar-refractivity contribution in [1.29, 1.82) is 0 Å². The van der Waals surface area contributed by atoms with Crippen LogP contribution in [0.2, 0.25) is 0 Å². The van der Waals surface area contributed by atoms with E-state index < -0.39 is 0 Å². The van der Waals surface area contributed by atoms with Gasteiger partial charge in [-0.25, -0.2) is 4.98 Å². The molecule has 6 nitrogen and oxygen atoms in total. The van der Waals surface area contributed by atoms with E-state index in [0.717, 1.165) is 30.8 Å². The summed E-state index contributed by atoms with van der Waals surface area (Å²) in [5, 5.41) is 0. The highest BCUT2D eigenvalue weighted by atomic mass is 16.5. The topological polar surface area (TPSA) is 64.6 Å². The van der Waals surface area contributed by atoms with E-state index in [-0.39, 0.29) is 11.8 Å². The Bertz CT molecular complexity index is 720. The van der Waals surface area contributed by atoms with Crippen LogP contribution >= 0.6 is 0 Å². The number of carbonyl (C=O) groups is 1. The number of nitrogens with zero attached hydrogens (tertiary/aromatic N) is 3. The SMILES string of the molecule is COc1cccc(Oc2cncc(C3CCCN(C(C)=O)C3)n2)c1. The van der Waals surface area contributed by atoms with Crippen LogP contribution in [0.3, 0.4) is 0 Å². The first kappa shape index (κ1) is 16.2. The lowest BCUT2D eigenvalue weighted by Gasteiger charge is -2.31. The maximum absolute atomic E-state index is 11.6. The molecule has 1 atom stereocenters. The highest BCUT2D eigenvalue weighted by Gasteiger charge is 2.24. The minimum absolute atomic E-state index is 0.108. The van der Waals surface area contributed by atoms with Gasteiger partial charge in [-0.05, 0) is 25.0 Å². The van der Waals surface area contributed by atoms with E-state index in [1.807, 2.05) is 23.1 Å². The molecule has 1 aromatic carbocycles. The monoisotopic (exact) mass is 327 g/mol. The summed E-state index contributed by atoms with van der Waals surface area (Å²) in [5.41, 5.74) is 0.862. The van der Waals surface area contributed by atoms with Crippen LogP contribution in [0.15, 0.2) is 36.7 Å². The zero-order valence-electron chi connectivity index (χ0n) is 13.9. The third-order valence-electron chi connectivity index (χ3n) is 4.18. The molecule has 24 heavy (non-hydrogen) atoms. The summed E-state index contributed by atoms with van der Waals surface area (Å²) in [6.45, 7) is 3.11. The van der Waals surface area contributed by atoms with Crippen molar-refractivity contribution < 1.29 is 14.3 Å². The van der Waals surface area contributed by atoms with Crippen LogP contribution in [0.4, 0.5) is 0 Å². The first-order chi connectivity index (χ1) is 11.7. The number of amides is 1. The Morgan fingerprint density at radius 2 is 2.12 bits per heavy atom. The first-order valence-corrected chi connectivity index (χ1v) is 8.05. The normalized spacial score (nSPS) is 17.4. The van der Waals surface area contributed by atoms with Crippen LogP contribution < -0.4 is 9.47 Å². The number of piperidine rings is 1. The van der Waals surface area contributed by atoms with E-state index in [1.165, 1.54) is 0 Å². The average Bonchev–Trinajstić information content (AvgIpc) is 2.62. The Balaban J connectivity index is 1.75. The second-order valence-electron chi connectivity index (χ2n) is 5.87. The largest absolute Gasteiger partial charge is 0.497 e. The molecule has 1 unspecified atom stereocenters. The Kier molecular flexibility index (Phi) is 4.93. The summed E-state index contributed by atoms with van der Waals surface area (Å²) in [4.78, 5) is 22.3. The van der Waals surface area contributed by atoms with E-state index in [9.17, 15) is 4.79 Å². The Morgan fingerprint density at radius 3 is 2.92 bits per heavy atom. The highest BCUT2D eigenvalue weighted by molar-refractivity contribution is 5.73. The quantitative estimate of drug-likeness (QED) is 0.864. The molecule has 0 bridgehead atoms. The van der Waals surface area contributed by atoms with Gasteiger partial charge in [0.15, 0.2) is 0 Å². The summed E-state index contributed by atoms with van der Waals surface area (Å²) in [6.07, 6.45) is 5.33. The summed E-state index contributed by atoms with van der Waals surface area (Å²) >= 11 is 0. The number of hydrogen-bond acceptors (Lipinski definition) is 5. The summed E-state index contributed by atoms with van der Waals surface area (Å²) in [6, 6.07) is 7.35. The molecule has 0 N–H and O–H groups in total. The molecule has 126 valence electrons. The van der Waals surface area contributed by atoms with Crippen molar-refractivity contribution in [2.45, 2.75) is 25.7 Å². The van der Waals surface area contributed by atoms with Crippen LogP contribution in [0.5, 0.6) is 17.4 Å². The van der Waals surface area contributed by atoms with Crippen molar-refractivity contribution in [3.05, 3.63) is 42.4 Å². The molecule has 0 radical (unpaired) electrons. The number of methoxy groups -OCH3 is 1. The van der Waals surface area contributed by atoms with Crippen molar-refractivity contribution in [2.24, 2.45) is 0 Å². The van der Waals surface area contributed by atoms with Gasteiger partial charge < -0.3 is 14.4 Å². The molecule has 1 saturated heterocycles. The van der Waals surface area contributed by atoms with Crippen molar-refractivity contribution in [1.82, 2.24) is 14.9 Å². The molecule has 3 rings (SSSR count). The summed E-state index contributed by atoms with van der Waals surface area (Å²) in [5.74, 6) is 2.12. The molecule has 2 aromatic rings. The van der Waals surface area contributed by atoms with Crippen LogP contribution in [-0.2, 0) is 4.79 Å². The van der Waals surface area contributed by atoms with Gasteiger partial charge in [0.2, 0.25) is 11.8 Å². The van der Waals surface area contributed by atoms with E-state index in [2.05, 4.69) is 9.97 Å². The number of hydrogen-bond donors (Lipinski definition) is 0. The second-order valence-corrected chi connectivity index (χ2v) is 5.87. The Hall–Kier alpha value is -2.63. The maximum Gasteiger partial charge on any atom is 0.238 e. The average molecular weight is 327 g/mol. The van der Waals surface area contributed by atoms with Gasteiger partial charge in [0.05, 0.1) is 19.0 Å². The lowest BCUT2D eigenvalue weighted by molar-refractivity contribution is -0.130. The van der Waals surface area contributed by atoms with E-state index >= 15 is 0 Å². The second kappa shape index (κ2) is 7.29. The molecular formula is C18H21N3O3. The summed E-state index contributed by atoms with van der Waals surface area (Å²) < 4.78 is 11.0. The molecule has 0 aliphatic carbocycles. The molecule has 0 saturated carbocycles. The van der Waals surface area contributed by atoms with Gasteiger partial charge in [0.1, 0.15) is 11.5 Å². The molecule has 1 aromatic heterocycles. The van der Waals surface area contributed by atoms with Gasteiger partial charge in [0, 0.05) is 38.2 Å². The molecule has 1 aliphatic rings. The number of rotatable bonds is 4. The minimum atomic E-state index is 0.108. The van der Waals surface area contributed by atoms with Gasteiger partial charge in [-0.2, -0.15) is 0 Å². The summed E-state index contributed by atoms with van der Waals surface area (Å²) in [7, 11) is 1.61. The maximum atomic E-state index is 11.6. The fraction of sp³-hybridized carbons (Fsp3) is 0.389. The number of aromatic nitrogens is 2. The van der Waals surface area contributed by atoms with Crippen molar-refractivity contribution >= 4 is 5.91 Å². The standard InChI is InChI=1S/C18H21N3O3/c1-13(22)21-8-4-5-14(12-21)17-10-19-11-18(20-17)24-16-7-3-6-15(9-16)23-2/h3,6-7,9-11,14H,4-5,8,12H2,1-2H3. The van der Waals surface area contributed by atoms with Gasteiger partial charge in [-0.1, -0.05) is 6.07 Å². The predicted octanol–water partition coefficient (Wildman–Crippen LogP) is 3.00. The molecule has 0 spiro atoms. The Morgan fingerprint density at radius 1 is 1.29 bits per heavy atom. The zero-order valence-corrected chi connectivity index (χ0v) is 13.9. The van der Waals surface area contributed by atoms with Crippen LogP contribution in [-0.4, -0.2) is 41.0 Å². The molecule has 6 heteroatoms. The smallest absolute Gasteiger partial charge is 0.238 e. The third kappa shape index (κ3) is 3.82. The molecule has 1 fully saturated rings. The third-order valence-corrected chi connectivity index (χ3v) is 4.18. The first-order valence-electron chi connectivity index (χ1n) is 8.05. The highest BCUT2D eigenvalue weighted by Crippen LogP contribution is 2.28. The van der Waals surface area contributed by atoms with E-state index in [4.69, 9.17) is 9.47 Å². The fourth-order valence-electron chi connectivity index (χ4n) is 2.90. The number of carbonyl (C=O) groups excluding carboxylic acids is 1. The van der Waals surface area contributed by atoms with Gasteiger partial charge >= 0.3 is 0 Å². The molecular weight excluding hydrogens is 306 g/mol. The number of likely N-dealkylation sites (tertiary alicyclic amines) is 1. The van der Waals surface area contributed by atoms with Gasteiger partial charge in [-0.3, -0.25) is 9.78 Å². The number of ether oxygens (including phenoxy) is 2. The minimum Gasteiger partial charge on any atom is -0.497 e. The van der Waals surface area contributed by atoms with Gasteiger partial charge in [0.25, 0.3) is 0 Å². The van der Waals surface area contributed by atoms with Gasteiger partial charge in [-0.15, -0.1) is 0 Å². The lowest BCUT2D eigenvalue weighted by Crippen LogP contribution is -2.37. The number of benzene rings is 1. The predicted molar refractivity (Wildman–Crippen MR) is 89.3 cm³/mol. The fourth-order valence-corrected chi connectivity index (χ4v) is 2.90. The van der Waals surface area contributed by atoms with Crippen molar-refractivity contribution in [3.63, 3.8) is 0 Å². The van der Waals surface area contributed by atoms with E-state index in [0.29, 0.717) is 18.2 Å². The lowest BCUT2D eigenvalue weighted by atomic mass is 9.95. The molecule has 1 aliphatic heterocycles. The van der Waals surface area contributed by atoms with Crippen LogP contribution in [0, 0.1) is 0 Å². The van der Waals surface area contributed by atoms with Crippen molar-refractivity contribution in [2.75, 3.05) is 20.2 Å². The molecule has 1 amide bonds. The molecule has 2 heterocycles. The zero-order chi connectivity index (χ0) is 16.9. The van der Waals surface area contributed by atoms with Crippen LogP contribution in [0.1, 0.15) is 31.4 Å². The van der Waals surface area contributed by atoms with Crippen LogP contribution in [0.25, 0.3) is 0 Å².